The molecule has 0 unspecified atom stereocenters. The lowest BCUT2D eigenvalue weighted by Gasteiger charge is -2.16. The van der Waals surface area contributed by atoms with Gasteiger partial charge < -0.3 is 4.90 Å². The van der Waals surface area contributed by atoms with Gasteiger partial charge in [-0.15, -0.1) is 0 Å². The van der Waals surface area contributed by atoms with Crippen LogP contribution < -0.4 is 0 Å². The Labute approximate surface area is 89.8 Å². The lowest BCUT2D eigenvalue weighted by Crippen LogP contribution is -2.07. The number of hydrogen-bond acceptors (Lipinski definition) is 1. The first kappa shape index (κ1) is 11.2. The van der Waals surface area contributed by atoms with Crippen LogP contribution in [0.25, 0.3) is 5.70 Å². The predicted molar refractivity (Wildman–Crippen MR) is 62.5 cm³/mol. The van der Waals surface area contributed by atoms with Gasteiger partial charge in [-0.1, -0.05) is 31.4 Å². The van der Waals surface area contributed by atoms with Gasteiger partial charge in [0.25, 0.3) is 0 Å². The second-order valence-electron chi connectivity index (χ2n) is 3.14. The average Bonchev–Trinajstić information content (AvgIpc) is 2.26. The van der Waals surface area contributed by atoms with E-state index in [4.69, 9.17) is 0 Å². The molecule has 0 atom stereocenters. The molecule has 0 aromatic heterocycles. The molecule has 0 N–H and O–H groups in total. The summed E-state index contributed by atoms with van der Waals surface area (Å²) in [5.41, 5.74) is 1.71. The Kier molecular flexibility index (Phi) is 3.86. The lowest BCUT2D eigenvalue weighted by atomic mass is 10.1. The highest BCUT2D eigenvalue weighted by Gasteiger charge is 2.01. The minimum absolute atomic E-state index is 0.240. The third-order valence-corrected chi connectivity index (χ3v) is 2.05. The summed E-state index contributed by atoms with van der Waals surface area (Å²) < 4.78 is 12.7. The molecule has 15 heavy (non-hydrogen) atoms. The van der Waals surface area contributed by atoms with Gasteiger partial charge in [0.1, 0.15) is 5.82 Å². The molecular weight excluding hydrogens is 189 g/mol. The molecule has 1 aromatic rings. The van der Waals surface area contributed by atoms with Crippen molar-refractivity contribution in [3.05, 3.63) is 67.2 Å². The Hall–Kier alpha value is -1.83. The van der Waals surface area contributed by atoms with E-state index < -0.39 is 0 Å². The van der Waals surface area contributed by atoms with Crippen molar-refractivity contribution in [2.45, 2.75) is 0 Å². The average molecular weight is 203 g/mol. The van der Waals surface area contributed by atoms with Crippen LogP contribution in [-0.2, 0) is 0 Å². The first-order valence-corrected chi connectivity index (χ1v) is 4.62. The first-order chi connectivity index (χ1) is 7.15. The number of halogens is 1. The first-order valence-electron chi connectivity index (χ1n) is 4.62. The van der Waals surface area contributed by atoms with E-state index in [0.717, 1.165) is 11.3 Å². The SMILES string of the molecule is C=CC=CN(C)C(=C)c1ccc(F)cc1. The predicted octanol–water partition coefficient (Wildman–Crippen LogP) is 3.43. The summed E-state index contributed by atoms with van der Waals surface area (Å²) in [5.74, 6) is -0.240. The van der Waals surface area contributed by atoms with Crippen molar-refractivity contribution in [3.63, 3.8) is 0 Å². The zero-order valence-electron chi connectivity index (χ0n) is 8.78. The highest BCUT2D eigenvalue weighted by atomic mass is 19.1. The van der Waals surface area contributed by atoms with E-state index in [9.17, 15) is 4.39 Å². The van der Waals surface area contributed by atoms with Crippen molar-refractivity contribution in [2.24, 2.45) is 0 Å². The lowest BCUT2D eigenvalue weighted by molar-refractivity contribution is 0.626. The van der Waals surface area contributed by atoms with Crippen LogP contribution in [0, 0.1) is 5.82 Å². The van der Waals surface area contributed by atoms with E-state index in [-0.39, 0.29) is 5.82 Å². The monoisotopic (exact) mass is 203 g/mol. The minimum Gasteiger partial charge on any atom is -0.351 e. The van der Waals surface area contributed by atoms with E-state index in [1.54, 1.807) is 18.2 Å². The van der Waals surface area contributed by atoms with Crippen molar-refractivity contribution >= 4 is 5.70 Å². The Morgan fingerprint density at radius 1 is 1.33 bits per heavy atom. The molecule has 0 fully saturated rings. The maximum Gasteiger partial charge on any atom is 0.123 e. The summed E-state index contributed by atoms with van der Waals surface area (Å²) in [6.07, 6.45) is 5.35. The number of nitrogens with zero attached hydrogens (tertiary/aromatic N) is 1. The van der Waals surface area contributed by atoms with Gasteiger partial charge in [0.05, 0.1) is 0 Å². The number of rotatable bonds is 4. The molecule has 0 saturated carbocycles. The highest BCUT2D eigenvalue weighted by molar-refractivity contribution is 5.62. The van der Waals surface area contributed by atoms with Crippen molar-refractivity contribution < 1.29 is 4.39 Å². The molecule has 0 saturated heterocycles. The summed E-state index contributed by atoms with van der Waals surface area (Å²) in [6, 6.07) is 6.25. The van der Waals surface area contributed by atoms with Crippen LogP contribution in [0.2, 0.25) is 0 Å². The van der Waals surface area contributed by atoms with Crippen LogP contribution in [0.15, 0.2) is 55.8 Å². The summed E-state index contributed by atoms with van der Waals surface area (Å²) in [5, 5.41) is 0. The molecule has 0 amide bonds. The topological polar surface area (TPSA) is 3.24 Å². The summed E-state index contributed by atoms with van der Waals surface area (Å²) >= 11 is 0. The summed E-state index contributed by atoms with van der Waals surface area (Å²) in [4.78, 5) is 1.86. The standard InChI is InChI=1S/C13H14FN/c1-4-5-10-15(3)11(2)12-6-8-13(14)9-7-12/h4-10H,1-2H2,3H3. The highest BCUT2D eigenvalue weighted by Crippen LogP contribution is 2.16. The second-order valence-corrected chi connectivity index (χ2v) is 3.14. The van der Waals surface area contributed by atoms with Crippen LogP contribution in [0.1, 0.15) is 5.56 Å². The minimum atomic E-state index is -0.240. The zero-order valence-corrected chi connectivity index (χ0v) is 8.78. The normalized spacial score (nSPS) is 10.3. The van der Waals surface area contributed by atoms with Crippen molar-refractivity contribution in [3.8, 4) is 0 Å². The van der Waals surface area contributed by atoms with Gasteiger partial charge in [-0.25, -0.2) is 4.39 Å². The molecule has 0 heterocycles. The molecule has 0 radical (unpaired) electrons. The van der Waals surface area contributed by atoms with Gasteiger partial charge in [0, 0.05) is 18.9 Å². The Bertz CT molecular complexity index is 376. The molecular formula is C13H14FN. The maximum atomic E-state index is 12.7. The van der Waals surface area contributed by atoms with Crippen LogP contribution in [0.4, 0.5) is 4.39 Å². The van der Waals surface area contributed by atoms with Crippen LogP contribution >= 0.6 is 0 Å². The molecule has 0 spiro atoms. The van der Waals surface area contributed by atoms with E-state index in [1.165, 1.54) is 12.1 Å². The molecule has 1 nitrogen and oxygen atoms in total. The fourth-order valence-corrected chi connectivity index (χ4v) is 1.13. The quantitative estimate of drug-likeness (QED) is 0.678. The van der Waals surface area contributed by atoms with Gasteiger partial charge >= 0.3 is 0 Å². The molecule has 0 aliphatic heterocycles. The van der Waals surface area contributed by atoms with Crippen molar-refractivity contribution in [1.82, 2.24) is 4.90 Å². The summed E-state index contributed by atoms with van der Waals surface area (Å²) in [6.45, 7) is 7.51. The van der Waals surface area contributed by atoms with E-state index in [0.29, 0.717) is 0 Å². The number of benzene rings is 1. The second kappa shape index (κ2) is 5.15. The van der Waals surface area contributed by atoms with Crippen molar-refractivity contribution in [2.75, 3.05) is 7.05 Å². The number of hydrogen-bond donors (Lipinski definition) is 0. The van der Waals surface area contributed by atoms with Gasteiger partial charge in [-0.3, -0.25) is 0 Å². The zero-order chi connectivity index (χ0) is 11.3. The smallest absolute Gasteiger partial charge is 0.123 e. The summed E-state index contributed by atoms with van der Waals surface area (Å²) in [7, 11) is 1.88. The Morgan fingerprint density at radius 2 is 1.93 bits per heavy atom. The fourth-order valence-electron chi connectivity index (χ4n) is 1.13. The number of allylic oxidation sites excluding steroid dienone is 2. The molecule has 1 aromatic carbocycles. The van der Waals surface area contributed by atoms with Crippen LogP contribution in [0.3, 0.4) is 0 Å². The molecule has 0 aliphatic rings. The van der Waals surface area contributed by atoms with E-state index in [2.05, 4.69) is 13.2 Å². The van der Waals surface area contributed by atoms with Crippen LogP contribution in [-0.4, -0.2) is 11.9 Å². The van der Waals surface area contributed by atoms with Crippen molar-refractivity contribution in [1.29, 1.82) is 0 Å². The van der Waals surface area contributed by atoms with E-state index >= 15 is 0 Å². The largest absolute Gasteiger partial charge is 0.351 e. The van der Waals surface area contributed by atoms with Gasteiger partial charge in [0.2, 0.25) is 0 Å². The Morgan fingerprint density at radius 3 is 2.47 bits per heavy atom. The fraction of sp³-hybridized carbons (Fsp3) is 0.0769. The van der Waals surface area contributed by atoms with Gasteiger partial charge in [0.15, 0.2) is 0 Å². The maximum absolute atomic E-state index is 12.7. The third kappa shape index (κ3) is 3.09. The third-order valence-electron chi connectivity index (χ3n) is 2.05. The van der Waals surface area contributed by atoms with Gasteiger partial charge in [-0.2, -0.15) is 0 Å². The molecule has 0 bridgehead atoms. The Balaban J connectivity index is 2.80. The molecule has 2 heteroatoms. The molecule has 78 valence electrons. The van der Waals surface area contributed by atoms with E-state index in [1.807, 2.05) is 24.2 Å². The van der Waals surface area contributed by atoms with Crippen LogP contribution in [0.5, 0.6) is 0 Å². The molecule has 1 rings (SSSR count). The molecule has 0 aliphatic carbocycles. The van der Waals surface area contributed by atoms with Gasteiger partial charge in [-0.05, 0) is 23.8 Å².